The maximum atomic E-state index is 15.3. The van der Waals surface area contributed by atoms with Crippen LogP contribution in [0.3, 0.4) is 0 Å². The van der Waals surface area contributed by atoms with E-state index < -0.39 is 44.8 Å². The summed E-state index contributed by atoms with van der Waals surface area (Å²) in [6.07, 6.45) is 0.143. The molecule has 2 N–H and O–H groups in total. The average molecular weight is 514 g/mol. The predicted molar refractivity (Wildman–Crippen MR) is 124 cm³/mol. The zero-order valence-corrected chi connectivity index (χ0v) is 20.0. The smallest absolute Gasteiger partial charge is 0.218 e. The molecule has 0 unspecified atom stereocenters. The first-order valence-electron chi connectivity index (χ1n) is 11.1. The SMILES string of the molecule is NC(=O)CCS(=O)(=O)CC[C@@H]1OCC[C@@]2(Cc3ccc(Cl)cc3)c3c(F)ccc(F)c3OC[C@@H]12. The lowest BCUT2D eigenvalue weighted by Gasteiger charge is -2.51. The summed E-state index contributed by atoms with van der Waals surface area (Å²) < 4.78 is 66.4. The molecule has 2 aromatic rings. The number of nitrogens with two attached hydrogens (primary N) is 1. The Morgan fingerprint density at radius 1 is 1.12 bits per heavy atom. The van der Waals surface area contributed by atoms with Crippen molar-refractivity contribution in [2.24, 2.45) is 11.7 Å². The van der Waals surface area contributed by atoms with Crippen LogP contribution in [0, 0.1) is 17.6 Å². The van der Waals surface area contributed by atoms with E-state index in [4.69, 9.17) is 26.8 Å². The molecule has 2 aromatic carbocycles. The topological polar surface area (TPSA) is 95.7 Å². The van der Waals surface area contributed by atoms with E-state index in [9.17, 15) is 17.6 Å². The number of carbonyl (C=O) groups is 1. The number of primary amides is 1. The molecule has 6 nitrogen and oxygen atoms in total. The van der Waals surface area contributed by atoms with Crippen molar-refractivity contribution in [1.82, 2.24) is 0 Å². The van der Waals surface area contributed by atoms with Crippen LogP contribution >= 0.6 is 11.6 Å². The van der Waals surface area contributed by atoms with Gasteiger partial charge in [-0.25, -0.2) is 17.2 Å². The van der Waals surface area contributed by atoms with Gasteiger partial charge in [0.05, 0.1) is 24.2 Å². The summed E-state index contributed by atoms with van der Waals surface area (Å²) in [7, 11) is -3.54. The molecule has 0 aromatic heterocycles. The molecular weight excluding hydrogens is 488 g/mol. The fourth-order valence-corrected chi connectivity index (χ4v) is 6.58. The van der Waals surface area contributed by atoms with Crippen molar-refractivity contribution >= 4 is 27.3 Å². The number of ether oxygens (including phenoxy) is 2. The fourth-order valence-electron chi connectivity index (χ4n) is 5.15. The molecule has 0 spiro atoms. The number of halogens is 3. The molecule has 184 valence electrons. The molecule has 10 heteroatoms. The molecule has 2 aliphatic rings. The molecule has 0 bridgehead atoms. The van der Waals surface area contributed by atoms with Crippen LogP contribution in [0.4, 0.5) is 8.78 Å². The molecule has 1 fully saturated rings. The van der Waals surface area contributed by atoms with E-state index in [0.717, 1.165) is 17.7 Å². The minimum absolute atomic E-state index is 0.0625. The van der Waals surface area contributed by atoms with Gasteiger partial charge in [-0.05, 0) is 49.1 Å². The molecule has 4 rings (SSSR count). The number of fused-ring (bicyclic) bond motifs is 3. The maximum absolute atomic E-state index is 15.3. The molecule has 3 atom stereocenters. The quantitative estimate of drug-likeness (QED) is 0.582. The zero-order valence-electron chi connectivity index (χ0n) is 18.4. The van der Waals surface area contributed by atoms with Crippen LogP contribution in [0.15, 0.2) is 36.4 Å². The summed E-state index contributed by atoms with van der Waals surface area (Å²) in [5.74, 6) is -2.94. The Bertz CT molecular complexity index is 1170. The number of amides is 1. The highest BCUT2D eigenvalue weighted by molar-refractivity contribution is 7.91. The molecule has 1 saturated heterocycles. The summed E-state index contributed by atoms with van der Waals surface area (Å²) in [5, 5.41) is 0.563. The lowest BCUT2D eigenvalue weighted by Crippen LogP contribution is -2.55. The third-order valence-corrected chi connectivity index (χ3v) is 8.74. The summed E-state index contributed by atoms with van der Waals surface area (Å²) >= 11 is 6.03. The van der Waals surface area contributed by atoms with Gasteiger partial charge in [0.15, 0.2) is 21.4 Å². The minimum atomic E-state index is -3.54. The maximum Gasteiger partial charge on any atom is 0.218 e. The van der Waals surface area contributed by atoms with Gasteiger partial charge in [0, 0.05) is 34.9 Å². The molecule has 34 heavy (non-hydrogen) atoms. The van der Waals surface area contributed by atoms with E-state index in [1.54, 1.807) is 12.1 Å². The summed E-state index contributed by atoms with van der Waals surface area (Å²) in [5.41, 5.74) is 5.28. The van der Waals surface area contributed by atoms with Gasteiger partial charge in [0.1, 0.15) is 5.82 Å². The highest BCUT2D eigenvalue weighted by Gasteiger charge is 2.53. The summed E-state index contributed by atoms with van der Waals surface area (Å²) in [6, 6.07) is 9.33. The Morgan fingerprint density at radius 3 is 2.53 bits per heavy atom. The van der Waals surface area contributed by atoms with Crippen molar-refractivity contribution in [2.45, 2.75) is 37.2 Å². The summed E-state index contributed by atoms with van der Waals surface area (Å²) in [6.45, 7) is 0.318. The molecular formula is C24H26ClF2NO5S. The first-order chi connectivity index (χ1) is 16.1. The minimum Gasteiger partial charge on any atom is -0.490 e. The number of hydrogen-bond acceptors (Lipinski definition) is 5. The van der Waals surface area contributed by atoms with E-state index in [0.29, 0.717) is 17.9 Å². The van der Waals surface area contributed by atoms with Crippen molar-refractivity contribution in [3.8, 4) is 5.75 Å². The number of hydrogen-bond donors (Lipinski definition) is 1. The fraction of sp³-hybridized carbons (Fsp3) is 0.458. The number of carbonyl (C=O) groups excluding carboxylic acids is 1. The Morgan fingerprint density at radius 2 is 1.82 bits per heavy atom. The van der Waals surface area contributed by atoms with Gasteiger partial charge in [-0.1, -0.05) is 23.7 Å². The van der Waals surface area contributed by atoms with Crippen molar-refractivity contribution in [2.75, 3.05) is 24.7 Å². The highest BCUT2D eigenvalue weighted by atomic mass is 35.5. The van der Waals surface area contributed by atoms with Gasteiger partial charge in [-0.3, -0.25) is 4.79 Å². The molecule has 1 amide bonds. The molecule has 0 radical (unpaired) electrons. The van der Waals surface area contributed by atoms with Crippen molar-refractivity contribution < 1.29 is 31.5 Å². The average Bonchev–Trinajstić information content (AvgIpc) is 2.80. The van der Waals surface area contributed by atoms with Crippen LogP contribution in [0.5, 0.6) is 5.75 Å². The summed E-state index contributed by atoms with van der Waals surface area (Å²) in [4.78, 5) is 11.0. The normalized spacial score (nSPS) is 24.1. The van der Waals surface area contributed by atoms with Gasteiger partial charge in [0.2, 0.25) is 5.91 Å². The van der Waals surface area contributed by atoms with Gasteiger partial charge in [-0.2, -0.15) is 0 Å². The molecule has 0 aliphatic carbocycles. The first kappa shape index (κ1) is 24.9. The van der Waals surface area contributed by atoms with Crippen molar-refractivity contribution in [3.05, 3.63) is 64.2 Å². The molecule has 2 heterocycles. The predicted octanol–water partition coefficient (Wildman–Crippen LogP) is 3.58. The third kappa shape index (κ3) is 5.06. The Labute approximate surface area is 202 Å². The van der Waals surface area contributed by atoms with E-state index in [-0.39, 0.29) is 48.9 Å². The standard InChI is InChI=1S/C24H26ClF2NO5S/c25-16-3-1-15(2-4-16)13-24-9-10-32-20(7-11-34(30,31)12-8-21(28)29)17(24)14-33-23-19(27)6-5-18(26)22(23)24/h1-6,17,20H,7-14H2,(H2,28,29)/t17-,20-,24-/m0/s1. The van der Waals surface area contributed by atoms with Crippen LogP contribution in [0.25, 0.3) is 0 Å². The van der Waals surface area contributed by atoms with Crippen LogP contribution in [-0.2, 0) is 31.2 Å². The Balaban J connectivity index is 1.69. The van der Waals surface area contributed by atoms with Crippen LogP contribution in [0.1, 0.15) is 30.4 Å². The lowest BCUT2D eigenvalue weighted by atomic mass is 9.60. The van der Waals surface area contributed by atoms with Gasteiger partial charge in [-0.15, -0.1) is 0 Å². The Hall–Kier alpha value is -2.23. The van der Waals surface area contributed by atoms with E-state index in [1.807, 2.05) is 12.1 Å². The molecule has 2 aliphatic heterocycles. The van der Waals surface area contributed by atoms with Gasteiger partial charge < -0.3 is 15.2 Å². The second-order valence-electron chi connectivity index (χ2n) is 8.93. The lowest BCUT2D eigenvalue weighted by molar-refractivity contribution is -0.117. The monoisotopic (exact) mass is 513 g/mol. The molecule has 0 saturated carbocycles. The van der Waals surface area contributed by atoms with Gasteiger partial charge in [0.25, 0.3) is 0 Å². The van der Waals surface area contributed by atoms with Gasteiger partial charge >= 0.3 is 0 Å². The number of rotatable bonds is 8. The van der Waals surface area contributed by atoms with Crippen molar-refractivity contribution in [3.63, 3.8) is 0 Å². The van der Waals surface area contributed by atoms with Crippen LogP contribution in [0.2, 0.25) is 5.02 Å². The van der Waals surface area contributed by atoms with E-state index in [2.05, 4.69) is 0 Å². The second kappa shape index (κ2) is 9.79. The second-order valence-corrected chi connectivity index (χ2v) is 11.7. The highest BCUT2D eigenvalue weighted by Crippen LogP contribution is 2.52. The van der Waals surface area contributed by atoms with Crippen molar-refractivity contribution in [1.29, 1.82) is 0 Å². The first-order valence-corrected chi connectivity index (χ1v) is 13.3. The van der Waals surface area contributed by atoms with Crippen LogP contribution in [-0.4, -0.2) is 45.1 Å². The number of benzene rings is 2. The number of sulfone groups is 1. The largest absolute Gasteiger partial charge is 0.490 e. The Kier molecular flexibility index (Phi) is 7.17. The van der Waals surface area contributed by atoms with Crippen LogP contribution < -0.4 is 10.5 Å². The zero-order chi connectivity index (χ0) is 24.5. The van der Waals surface area contributed by atoms with E-state index in [1.165, 1.54) is 0 Å². The van der Waals surface area contributed by atoms with E-state index >= 15 is 4.39 Å². The third-order valence-electron chi connectivity index (χ3n) is 6.81.